The Balaban J connectivity index is 5.11. The van der Waals surface area contributed by atoms with E-state index in [2.05, 4.69) is 99.0 Å². The fourth-order valence-electron chi connectivity index (χ4n) is 9.56. The van der Waals surface area contributed by atoms with Gasteiger partial charge in [-0.05, 0) is 102 Å². The standard InChI is InChI=1S/C71H129N2O7P/c1-7-10-13-16-19-22-25-28-30-31-32-33-34-35-36-37-38-39-40-41-43-46-49-52-55-58-61-64-71(75)80-69(62-59-56-53-50-47-44-27-24-21-18-15-12-9-3)68(67-79-81(76,77)78-66-65-73(4,5)6)72-70(74)63-60-57-54-51-48-45-42-29-26-23-20-17-14-11-8-2/h19-20,22-23,26,28-30,32-33,35-36,59,62,68-69H,7-18,21,24-25,27,31,34,37-58,60-61,63-67H2,1-6H3,(H-,72,74,76,77)/p+1/b22-19-,23-20+,29-26+,30-28-,33-32-,36-35-,62-59-. The summed E-state index contributed by atoms with van der Waals surface area (Å²) in [7, 11) is 1.48. The second kappa shape index (κ2) is 60.3. The number of rotatable bonds is 61. The highest BCUT2D eigenvalue weighted by molar-refractivity contribution is 7.47. The SMILES string of the molecule is CCCCC/C=C\C/C=C\C/C=C\C/C=C\CCCCCCCCCCCCCC(=O)OC(/C=C\CCCCCCCCCCCCC)C(COP(=O)(O)OCC[N+](C)(C)C)NC(=O)CCCCCCCC/C=C/C=C/CCCCC. The van der Waals surface area contributed by atoms with Crippen LogP contribution in [0.5, 0.6) is 0 Å². The summed E-state index contributed by atoms with van der Waals surface area (Å²) in [4.78, 5) is 37.8. The van der Waals surface area contributed by atoms with Gasteiger partial charge in [0.2, 0.25) is 5.91 Å². The topological polar surface area (TPSA) is 111 Å². The Bertz CT molecular complexity index is 1660. The number of unbranched alkanes of at least 4 members (excludes halogenated alkanes) is 34. The van der Waals surface area contributed by atoms with Crippen LogP contribution in [0, 0.1) is 0 Å². The van der Waals surface area contributed by atoms with Crippen LogP contribution in [-0.4, -0.2) is 74.3 Å². The van der Waals surface area contributed by atoms with E-state index in [0.29, 0.717) is 17.4 Å². The van der Waals surface area contributed by atoms with Gasteiger partial charge in [-0.25, -0.2) is 4.57 Å². The number of amides is 1. The third-order valence-electron chi connectivity index (χ3n) is 14.8. The number of phosphoric acid groups is 1. The zero-order chi connectivity index (χ0) is 59.3. The zero-order valence-corrected chi connectivity index (χ0v) is 54.7. The number of nitrogens with zero attached hydrogens (tertiary/aromatic N) is 1. The van der Waals surface area contributed by atoms with Gasteiger partial charge < -0.3 is 19.4 Å². The molecular formula is C71H130N2O7P+. The van der Waals surface area contributed by atoms with E-state index in [9.17, 15) is 19.0 Å². The van der Waals surface area contributed by atoms with Crippen LogP contribution in [0.4, 0.5) is 0 Å². The molecule has 81 heavy (non-hydrogen) atoms. The van der Waals surface area contributed by atoms with E-state index in [4.69, 9.17) is 13.8 Å². The first kappa shape index (κ1) is 78.2. The van der Waals surface area contributed by atoms with Gasteiger partial charge in [0.25, 0.3) is 0 Å². The number of esters is 1. The van der Waals surface area contributed by atoms with Crippen molar-refractivity contribution in [2.24, 2.45) is 0 Å². The van der Waals surface area contributed by atoms with E-state index in [0.717, 1.165) is 96.3 Å². The van der Waals surface area contributed by atoms with Crippen molar-refractivity contribution in [3.63, 3.8) is 0 Å². The lowest BCUT2D eigenvalue weighted by atomic mass is 10.0. The molecule has 2 N–H and O–H groups in total. The van der Waals surface area contributed by atoms with Crippen LogP contribution >= 0.6 is 7.82 Å². The first-order valence-electron chi connectivity index (χ1n) is 33.9. The van der Waals surface area contributed by atoms with Crippen molar-refractivity contribution in [2.75, 3.05) is 40.9 Å². The smallest absolute Gasteiger partial charge is 0.456 e. The predicted molar refractivity (Wildman–Crippen MR) is 351 cm³/mol. The molecule has 470 valence electrons. The lowest BCUT2D eigenvalue weighted by molar-refractivity contribution is -0.870. The molecule has 0 aromatic rings. The summed E-state index contributed by atoms with van der Waals surface area (Å²) >= 11 is 0. The van der Waals surface area contributed by atoms with Crippen molar-refractivity contribution in [3.05, 3.63) is 85.1 Å². The minimum absolute atomic E-state index is 0.0348. The highest BCUT2D eigenvalue weighted by Crippen LogP contribution is 2.43. The number of carbonyl (C=O) groups is 2. The van der Waals surface area contributed by atoms with Gasteiger partial charge in [-0.1, -0.05) is 273 Å². The molecule has 0 bridgehead atoms. The fourth-order valence-corrected chi connectivity index (χ4v) is 10.3. The van der Waals surface area contributed by atoms with E-state index in [1.807, 2.05) is 33.3 Å². The maximum Gasteiger partial charge on any atom is 0.472 e. The van der Waals surface area contributed by atoms with Gasteiger partial charge in [-0.3, -0.25) is 18.6 Å². The molecule has 3 unspecified atom stereocenters. The van der Waals surface area contributed by atoms with E-state index < -0.39 is 20.0 Å². The molecule has 0 spiro atoms. The number of phosphoric ester groups is 1. The molecule has 0 aromatic heterocycles. The number of quaternary nitrogens is 1. The highest BCUT2D eigenvalue weighted by atomic mass is 31.2. The molecule has 0 aromatic carbocycles. The van der Waals surface area contributed by atoms with E-state index in [1.165, 1.54) is 173 Å². The van der Waals surface area contributed by atoms with Crippen molar-refractivity contribution < 1.29 is 37.3 Å². The maximum absolute atomic E-state index is 13.6. The number of hydrogen-bond donors (Lipinski definition) is 2. The summed E-state index contributed by atoms with van der Waals surface area (Å²) in [6, 6.07) is -0.859. The summed E-state index contributed by atoms with van der Waals surface area (Å²) in [5.41, 5.74) is 0. The molecule has 10 heteroatoms. The van der Waals surface area contributed by atoms with Crippen LogP contribution in [0.2, 0.25) is 0 Å². The van der Waals surface area contributed by atoms with Gasteiger partial charge in [-0.2, -0.15) is 0 Å². The average molecular weight is 1150 g/mol. The normalized spacial score (nSPS) is 14.1. The lowest BCUT2D eigenvalue weighted by Crippen LogP contribution is -2.47. The van der Waals surface area contributed by atoms with Crippen LogP contribution in [0.15, 0.2) is 85.1 Å². The summed E-state index contributed by atoms with van der Waals surface area (Å²) < 4.78 is 30.8. The Morgan fingerprint density at radius 1 is 0.444 bits per heavy atom. The Morgan fingerprint density at radius 3 is 1.22 bits per heavy atom. The van der Waals surface area contributed by atoms with E-state index >= 15 is 0 Å². The lowest BCUT2D eigenvalue weighted by Gasteiger charge is -2.27. The van der Waals surface area contributed by atoms with Crippen LogP contribution in [-0.2, 0) is 27.9 Å². The van der Waals surface area contributed by atoms with Crippen molar-refractivity contribution in [3.8, 4) is 0 Å². The molecular weight excluding hydrogens is 1020 g/mol. The second-order valence-electron chi connectivity index (χ2n) is 24.0. The summed E-state index contributed by atoms with van der Waals surface area (Å²) in [6.45, 7) is 6.96. The third kappa shape index (κ3) is 61.6. The number of allylic oxidation sites excluding steroid dienone is 13. The molecule has 1 amide bonds. The van der Waals surface area contributed by atoms with Gasteiger partial charge in [0, 0.05) is 12.8 Å². The van der Waals surface area contributed by atoms with Gasteiger partial charge in [0.05, 0.1) is 33.8 Å². The maximum atomic E-state index is 13.6. The molecule has 0 heterocycles. The van der Waals surface area contributed by atoms with E-state index in [-0.39, 0.29) is 31.5 Å². The van der Waals surface area contributed by atoms with Crippen LogP contribution in [0.3, 0.4) is 0 Å². The number of ether oxygens (including phenoxy) is 1. The molecule has 0 aliphatic heterocycles. The summed E-state index contributed by atoms with van der Waals surface area (Å²) in [5, 5.41) is 3.06. The molecule has 0 saturated carbocycles. The zero-order valence-electron chi connectivity index (χ0n) is 53.8. The summed E-state index contributed by atoms with van der Waals surface area (Å²) in [5.74, 6) is -0.518. The summed E-state index contributed by atoms with van der Waals surface area (Å²) in [6.07, 6.45) is 80.1. The molecule has 0 rings (SSSR count). The Morgan fingerprint density at radius 2 is 0.790 bits per heavy atom. The largest absolute Gasteiger partial charge is 0.472 e. The highest BCUT2D eigenvalue weighted by Gasteiger charge is 2.30. The van der Waals surface area contributed by atoms with Gasteiger partial charge in [-0.15, -0.1) is 0 Å². The third-order valence-corrected chi connectivity index (χ3v) is 15.8. The van der Waals surface area contributed by atoms with Gasteiger partial charge >= 0.3 is 13.8 Å². The Hall–Kier alpha value is -2.81. The molecule has 0 fully saturated rings. The molecule has 0 saturated heterocycles. The minimum Gasteiger partial charge on any atom is -0.456 e. The number of carbonyl (C=O) groups excluding carboxylic acids is 2. The van der Waals surface area contributed by atoms with Crippen LogP contribution in [0.1, 0.15) is 303 Å². The molecule has 9 nitrogen and oxygen atoms in total. The number of likely N-dealkylation sites (N-methyl/N-ethyl adjacent to an activating group) is 1. The quantitative estimate of drug-likeness (QED) is 0.0156. The van der Waals surface area contributed by atoms with Crippen molar-refractivity contribution >= 4 is 19.7 Å². The number of nitrogens with one attached hydrogen (secondary N) is 1. The first-order chi connectivity index (χ1) is 39.4. The molecule has 0 aliphatic rings. The fraction of sp³-hybridized carbons (Fsp3) is 0.775. The Labute approximate surface area is 501 Å². The predicted octanol–water partition coefficient (Wildman–Crippen LogP) is 21.3. The van der Waals surface area contributed by atoms with E-state index in [1.54, 1.807) is 0 Å². The second-order valence-corrected chi connectivity index (χ2v) is 25.5. The number of hydrogen-bond acceptors (Lipinski definition) is 6. The van der Waals surface area contributed by atoms with Crippen LogP contribution in [0.25, 0.3) is 0 Å². The average Bonchev–Trinajstić information content (AvgIpc) is 3.44. The monoisotopic (exact) mass is 1150 g/mol. The molecule has 3 atom stereocenters. The van der Waals surface area contributed by atoms with Crippen molar-refractivity contribution in [2.45, 2.75) is 315 Å². The van der Waals surface area contributed by atoms with Crippen molar-refractivity contribution in [1.82, 2.24) is 5.32 Å². The first-order valence-corrected chi connectivity index (χ1v) is 35.4. The van der Waals surface area contributed by atoms with Crippen molar-refractivity contribution in [1.29, 1.82) is 0 Å². The molecule has 0 radical (unpaired) electrons. The minimum atomic E-state index is -4.46. The van der Waals surface area contributed by atoms with Gasteiger partial charge in [0.1, 0.15) is 19.3 Å². The van der Waals surface area contributed by atoms with Crippen LogP contribution < -0.4 is 5.32 Å². The Kier molecular flexibility index (Phi) is 58.2. The van der Waals surface area contributed by atoms with Gasteiger partial charge in [0.15, 0.2) is 0 Å². The molecule has 0 aliphatic carbocycles.